The van der Waals surface area contributed by atoms with Crippen molar-refractivity contribution < 1.29 is 9.90 Å². The van der Waals surface area contributed by atoms with Gasteiger partial charge in [0.1, 0.15) is 0 Å². The molecule has 12 heavy (non-hydrogen) atoms. The summed E-state index contributed by atoms with van der Waals surface area (Å²) in [5.41, 5.74) is 0. The van der Waals surface area contributed by atoms with Crippen molar-refractivity contribution in [1.29, 1.82) is 0 Å². The van der Waals surface area contributed by atoms with E-state index in [2.05, 4.69) is 0 Å². The highest BCUT2D eigenvalue weighted by molar-refractivity contribution is 7.98. The minimum absolute atomic E-state index is 0.333. The van der Waals surface area contributed by atoms with Gasteiger partial charge in [0, 0.05) is 10.6 Å². The number of thiophene rings is 1. The van der Waals surface area contributed by atoms with Crippen molar-refractivity contribution in [3.8, 4) is 0 Å². The normalized spacial score (nSPS) is 12.8. The van der Waals surface area contributed by atoms with Crippen LogP contribution in [0.15, 0.2) is 17.5 Å². The molecule has 0 spiro atoms. The summed E-state index contributed by atoms with van der Waals surface area (Å²) in [6, 6.07) is 3.76. The van der Waals surface area contributed by atoms with Crippen molar-refractivity contribution in [2.45, 2.75) is 5.92 Å². The van der Waals surface area contributed by atoms with Gasteiger partial charge in [0.25, 0.3) is 0 Å². The quantitative estimate of drug-likeness (QED) is 0.814. The molecule has 0 aromatic carbocycles. The van der Waals surface area contributed by atoms with Crippen molar-refractivity contribution in [1.82, 2.24) is 0 Å². The van der Waals surface area contributed by atoms with Crippen LogP contribution in [0.4, 0.5) is 0 Å². The predicted molar refractivity (Wildman–Crippen MR) is 53.1 cm³/mol. The van der Waals surface area contributed by atoms with Gasteiger partial charge in [-0.15, -0.1) is 11.3 Å². The van der Waals surface area contributed by atoms with Gasteiger partial charge in [-0.3, -0.25) is 4.79 Å². The van der Waals surface area contributed by atoms with Crippen molar-refractivity contribution in [2.75, 3.05) is 12.0 Å². The van der Waals surface area contributed by atoms with Crippen molar-refractivity contribution in [3.63, 3.8) is 0 Å². The third kappa shape index (κ3) is 2.25. The maximum absolute atomic E-state index is 10.8. The smallest absolute Gasteiger partial charge is 0.312 e. The van der Waals surface area contributed by atoms with Crippen molar-refractivity contribution in [2.24, 2.45) is 0 Å². The molecule has 66 valence electrons. The Kier molecular flexibility index (Phi) is 3.62. The lowest BCUT2D eigenvalue weighted by Gasteiger charge is -2.07. The lowest BCUT2D eigenvalue weighted by Crippen LogP contribution is -2.12. The number of hydrogen-bond donors (Lipinski definition) is 1. The van der Waals surface area contributed by atoms with Gasteiger partial charge in [-0.25, -0.2) is 0 Å². The summed E-state index contributed by atoms with van der Waals surface area (Å²) < 4.78 is 0. The summed E-state index contributed by atoms with van der Waals surface area (Å²) in [5, 5.41) is 10.8. The third-order valence-corrected chi connectivity index (χ3v) is 3.17. The van der Waals surface area contributed by atoms with Crippen molar-refractivity contribution >= 4 is 29.1 Å². The summed E-state index contributed by atoms with van der Waals surface area (Å²) in [6.07, 6.45) is 1.92. The van der Waals surface area contributed by atoms with Gasteiger partial charge >= 0.3 is 5.97 Å². The molecule has 0 aliphatic carbocycles. The molecule has 1 N–H and O–H groups in total. The van der Waals surface area contributed by atoms with E-state index in [1.807, 2.05) is 23.8 Å². The first-order chi connectivity index (χ1) is 5.75. The Bertz CT molecular complexity index is 244. The van der Waals surface area contributed by atoms with Gasteiger partial charge in [-0.2, -0.15) is 11.8 Å². The highest BCUT2D eigenvalue weighted by atomic mass is 32.2. The fourth-order valence-electron chi connectivity index (χ4n) is 0.931. The molecule has 2 nitrogen and oxygen atoms in total. The minimum Gasteiger partial charge on any atom is -0.481 e. The fraction of sp³-hybridized carbons (Fsp3) is 0.375. The highest BCUT2D eigenvalue weighted by Crippen LogP contribution is 2.24. The molecule has 1 rings (SSSR count). The second-order valence-electron chi connectivity index (χ2n) is 2.36. The van der Waals surface area contributed by atoms with Crippen LogP contribution in [-0.2, 0) is 4.79 Å². The number of rotatable bonds is 4. The Labute approximate surface area is 79.6 Å². The van der Waals surface area contributed by atoms with Crippen LogP contribution in [0.5, 0.6) is 0 Å². The van der Waals surface area contributed by atoms with Crippen LogP contribution < -0.4 is 0 Å². The zero-order valence-corrected chi connectivity index (χ0v) is 8.32. The second kappa shape index (κ2) is 4.52. The fourth-order valence-corrected chi connectivity index (χ4v) is 2.51. The Balaban J connectivity index is 2.73. The van der Waals surface area contributed by atoms with Crippen LogP contribution >= 0.6 is 23.1 Å². The van der Waals surface area contributed by atoms with E-state index in [1.54, 1.807) is 11.8 Å². The topological polar surface area (TPSA) is 37.3 Å². The molecule has 0 saturated carbocycles. The Morgan fingerprint density at radius 1 is 1.83 bits per heavy atom. The average molecular weight is 202 g/mol. The van der Waals surface area contributed by atoms with Gasteiger partial charge < -0.3 is 5.11 Å². The molecule has 0 aliphatic rings. The standard InChI is InChI=1S/C8H10O2S2/c1-11-5-6(8(9)10)7-3-2-4-12-7/h2-4,6H,5H2,1H3,(H,9,10). The molecular weight excluding hydrogens is 192 g/mol. The number of carboxylic acids is 1. The van der Waals surface area contributed by atoms with E-state index in [4.69, 9.17) is 5.11 Å². The summed E-state index contributed by atoms with van der Waals surface area (Å²) in [6.45, 7) is 0. The van der Waals surface area contributed by atoms with E-state index < -0.39 is 5.97 Å². The SMILES string of the molecule is CSCC(C(=O)O)c1cccs1. The highest BCUT2D eigenvalue weighted by Gasteiger charge is 2.19. The third-order valence-electron chi connectivity index (χ3n) is 1.52. The monoisotopic (exact) mass is 202 g/mol. The van der Waals surface area contributed by atoms with E-state index in [0.29, 0.717) is 5.75 Å². The van der Waals surface area contributed by atoms with Gasteiger partial charge in [0.05, 0.1) is 5.92 Å². The first-order valence-corrected chi connectivity index (χ1v) is 5.78. The lowest BCUT2D eigenvalue weighted by molar-refractivity contribution is -0.138. The molecule has 1 heterocycles. The van der Waals surface area contributed by atoms with Gasteiger partial charge in [0.2, 0.25) is 0 Å². The van der Waals surface area contributed by atoms with E-state index in [0.717, 1.165) is 4.88 Å². The molecule has 1 aromatic heterocycles. The first kappa shape index (κ1) is 9.61. The van der Waals surface area contributed by atoms with E-state index in [1.165, 1.54) is 11.3 Å². The first-order valence-electron chi connectivity index (χ1n) is 3.51. The molecule has 4 heteroatoms. The minimum atomic E-state index is -0.730. The van der Waals surface area contributed by atoms with Crippen LogP contribution in [0, 0.1) is 0 Å². The molecule has 1 aromatic rings. The number of carboxylic acid groups (broad SMARTS) is 1. The summed E-state index contributed by atoms with van der Waals surface area (Å²) >= 11 is 3.07. The molecule has 0 bridgehead atoms. The van der Waals surface area contributed by atoms with E-state index >= 15 is 0 Å². The van der Waals surface area contributed by atoms with Crippen molar-refractivity contribution in [3.05, 3.63) is 22.4 Å². The molecular formula is C8H10O2S2. The number of hydrogen-bond acceptors (Lipinski definition) is 3. The van der Waals surface area contributed by atoms with Crippen LogP contribution in [0.3, 0.4) is 0 Å². The number of thioether (sulfide) groups is 1. The molecule has 1 atom stereocenters. The summed E-state index contributed by atoms with van der Waals surface area (Å²) in [5.74, 6) is -0.414. The van der Waals surface area contributed by atoms with E-state index in [-0.39, 0.29) is 5.92 Å². The Hall–Kier alpha value is -0.480. The van der Waals surface area contributed by atoms with Crippen LogP contribution in [0.2, 0.25) is 0 Å². The van der Waals surface area contributed by atoms with Gasteiger partial charge in [-0.1, -0.05) is 6.07 Å². The average Bonchev–Trinajstić information content (AvgIpc) is 2.51. The number of carbonyl (C=O) groups is 1. The van der Waals surface area contributed by atoms with Gasteiger partial charge in [-0.05, 0) is 17.7 Å². The Morgan fingerprint density at radius 3 is 3.00 bits per heavy atom. The summed E-state index contributed by atoms with van der Waals surface area (Å²) in [4.78, 5) is 11.7. The number of aliphatic carboxylic acids is 1. The zero-order valence-electron chi connectivity index (χ0n) is 6.69. The molecule has 0 radical (unpaired) electrons. The maximum Gasteiger partial charge on any atom is 0.312 e. The predicted octanol–water partition coefficient (Wildman–Crippen LogP) is 2.28. The van der Waals surface area contributed by atoms with Crippen LogP contribution in [0.1, 0.15) is 10.8 Å². The lowest BCUT2D eigenvalue weighted by atomic mass is 10.1. The molecule has 0 fully saturated rings. The molecule has 0 aliphatic heterocycles. The second-order valence-corrected chi connectivity index (χ2v) is 4.25. The van der Waals surface area contributed by atoms with E-state index in [9.17, 15) is 4.79 Å². The zero-order chi connectivity index (χ0) is 8.97. The molecule has 0 amide bonds. The van der Waals surface area contributed by atoms with Crippen LogP contribution in [-0.4, -0.2) is 23.1 Å². The van der Waals surface area contributed by atoms with Crippen LogP contribution in [0.25, 0.3) is 0 Å². The maximum atomic E-state index is 10.8. The molecule has 0 saturated heterocycles. The summed E-state index contributed by atoms with van der Waals surface area (Å²) in [7, 11) is 0. The largest absolute Gasteiger partial charge is 0.481 e. The Morgan fingerprint density at radius 2 is 2.58 bits per heavy atom. The molecule has 1 unspecified atom stereocenters. The van der Waals surface area contributed by atoms with Gasteiger partial charge in [0.15, 0.2) is 0 Å².